The van der Waals surface area contributed by atoms with Crippen LogP contribution in [0.15, 0.2) is 30.3 Å². The summed E-state index contributed by atoms with van der Waals surface area (Å²) < 4.78 is 0. The number of hydrogen-bond acceptors (Lipinski definition) is 4. The van der Waals surface area contributed by atoms with Crippen molar-refractivity contribution >= 4 is 50.4 Å². The van der Waals surface area contributed by atoms with Crippen molar-refractivity contribution in [1.29, 1.82) is 0 Å². The molecule has 4 nitrogen and oxygen atoms in total. The van der Waals surface area contributed by atoms with Crippen molar-refractivity contribution in [1.82, 2.24) is 4.98 Å². The van der Waals surface area contributed by atoms with Crippen molar-refractivity contribution in [2.75, 3.05) is 11.1 Å². The predicted molar refractivity (Wildman–Crippen MR) is 109 cm³/mol. The lowest BCUT2D eigenvalue weighted by molar-refractivity contribution is 0.103. The van der Waals surface area contributed by atoms with E-state index >= 15 is 0 Å². The predicted octanol–water partition coefficient (Wildman–Crippen LogP) is 5.44. The lowest BCUT2D eigenvalue weighted by atomic mass is 9.96. The van der Waals surface area contributed by atoms with Crippen molar-refractivity contribution in [3.63, 3.8) is 0 Å². The first kappa shape index (κ1) is 17.3. The van der Waals surface area contributed by atoms with E-state index in [0.717, 1.165) is 23.1 Å². The molecule has 4 rings (SSSR count). The molecule has 0 fully saturated rings. The molecule has 26 heavy (non-hydrogen) atoms. The smallest absolute Gasteiger partial charge is 0.267 e. The Morgan fingerprint density at radius 2 is 1.96 bits per heavy atom. The van der Waals surface area contributed by atoms with E-state index in [0.29, 0.717) is 21.3 Å². The number of rotatable bonds is 2. The number of nitrogens with zero attached hydrogens (tertiary/aromatic N) is 1. The third-order valence-electron chi connectivity index (χ3n) is 4.79. The fourth-order valence-electron chi connectivity index (χ4n) is 3.44. The Morgan fingerprint density at radius 1 is 1.15 bits per heavy atom. The van der Waals surface area contributed by atoms with Crippen molar-refractivity contribution in [2.24, 2.45) is 0 Å². The van der Waals surface area contributed by atoms with Crippen molar-refractivity contribution in [2.45, 2.75) is 38.5 Å². The lowest BCUT2D eigenvalue weighted by Gasteiger charge is -2.12. The van der Waals surface area contributed by atoms with Crippen LogP contribution in [0.25, 0.3) is 10.2 Å². The van der Waals surface area contributed by atoms with Gasteiger partial charge in [-0.3, -0.25) is 4.79 Å². The molecule has 1 aromatic carbocycles. The van der Waals surface area contributed by atoms with Crippen LogP contribution >= 0.6 is 22.9 Å². The monoisotopic (exact) mass is 385 g/mol. The second kappa shape index (κ2) is 7.25. The minimum absolute atomic E-state index is 0.222. The van der Waals surface area contributed by atoms with E-state index in [9.17, 15) is 4.79 Å². The Balaban J connectivity index is 1.69. The van der Waals surface area contributed by atoms with Crippen LogP contribution in [-0.2, 0) is 12.8 Å². The van der Waals surface area contributed by atoms with Crippen LogP contribution in [0, 0.1) is 0 Å². The Labute approximate surface area is 161 Å². The second-order valence-corrected chi connectivity index (χ2v) is 8.11. The Morgan fingerprint density at radius 3 is 2.77 bits per heavy atom. The lowest BCUT2D eigenvalue weighted by Crippen LogP contribution is -2.11. The minimum atomic E-state index is -0.222. The average molecular weight is 386 g/mol. The average Bonchev–Trinajstić information content (AvgIpc) is 2.91. The quantitative estimate of drug-likeness (QED) is 0.616. The van der Waals surface area contributed by atoms with Crippen molar-refractivity contribution in [3.05, 3.63) is 51.5 Å². The van der Waals surface area contributed by atoms with E-state index in [1.807, 2.05) is 0 Å². The maximum atomic E-state index is 12.7. The highest BCUT2D eigenvalue weighted by molar-refractivity contribution is 7.21. The molecule has 0 saturated heterocycles. The summed E-state index contributed by atoms with van der Waals surface area (Å²) in [6.07, 6.45) is 6.94. The fraction of sp³-hybridized carbons (Fsp3) is 0.300. The van der Waals surface area contributed by atoms with Crippen LogP contribution in [0.2, 0.25) is 5.02 Å². The molecule has 0 radical (unpaired) electrons. The SMILES string of the molecule is Nc1c(C(=O)Nc2cccc(Cl)c2)sc2nc3c(cc12)CCCCCC3. The molecule has 0 bridgehead atoms. The number of nitrogens with two attached hydrogens (primary N) is 1. The topological polar surface area (TPSA) is 68.0 Å². The molecule has 134 valence electrons. The number of amides is 1. The van der Waals surface area contributed by atoms with Gasteiger partial charge in [0, 0.05) is 21.8 Å². The van der Waals surface area contributed by atoms with E-state index in [1.54, 1.807) is 24.3 Å². The van der Waals surface area contributed by atoms with Gasteiger partial charge in [-0.25, -0.2) is 4.98 Å². The Bertz CT molecular complexity index is 983. The third kappa shape index (κ3) is 3.41. The number of fused-ring (bicyclic) bond motifs is 2. The largest absolute Gasteiger partial charge is 0.397 e. The summed E-state index contributed by atoms with van der Waals surface area (Å²) in [5.74, 6) is -0.222. The first-order valence-electron chi connectivity index (χ1n) is 8.89. The van der Waals surface area contributed by atoms with Gasteiger partial charge in [0.2, 0.25) is 0 Å². The molecule has 2 aromatic heterocycles. The summed E-state index contributed by atoms with van der Waals surface area (Å²) in [6.45, 7) is 0. The molecule has 1 aliphatic carbocycles. The van der Waals surface area contributed by atoms with Crippen LogP contribution in [0.1, 0.15) is 46.6 Å². The zero-order valence-corrected chi connectivity index (χ0v) is 15.9. The standard InChI is InChI=1S/C20H20ClN3OS/c21-13-7-5-8-14(11-13)23-19(25)18-17(22)15-10-12-6-3-1-2-4-9-16(12)24-20(15)26-18/h5,7-8,10-11H,1-4,6,9,22H2,(H,23,25). The van der Waals surface area contributed by atoms with Gasteiger partial charge in [0.1, 0.15) is 9.71 Å². The van der Waals surface area contributed by atoms with Gasteiger partial charge in [0.25, 0.3) is 5.91 Å². The van der Waals surface area contributed by atoms with E-state index in [4.69, 9.17) is 22.3 Å². The van der Waals surface area contributed by atoms with Gasteiger partial charge in [-0.05, 0) is 55.5 Å². The first-order chi connectivity index (χ1) is 12.6. The van der Waals surface area contributed by atoms with Gasteiger partial charge >= 0.3 is 0 Å². The third-order valence-corrected chi connectivity index (χ3v) is 6.14. The number of carbonyl (C=O) groups excluding carboxylic acids is 1. The highest BCUT2D eigenvalue weighted by Crippen LogP contribution is 2.35. The molecule has 0 spiro atoms. The molecule has 0 saturated carbocycles. The highest BCUT2D eigenvalue weighted by atomic mass is 35.5. The Hall–Kier alpha value is -2.11. The number of aromatic nitrogens is 1. The number of carbonyl (C=O) groups is 1. The summed E-state index contributed by atoms with van der Waals surface area (Å²) >= 11 is 7.34. The maximum absolute atomic E-state index is 12.7. The molecule has 1 amide bonds. The normalized spacial score (nSPS) is 14.5. The number of benzene rings is 1. The van der Waals surface area contributed by atoms with Gasteiger partial charge < -0.3 is 11.1 Å². The number of thiophene rings is 1. The number of nitrogen functional groups attached to an aromatic ring is 1. The van der Waals surface area contributed by atoms with Crippen molar-refractivity contribution in [3.8, 4) is 0 Å². The van der Waals surface area contributed by atoms with Gasteiger partial charge in [-0.1, -0.05) is 30.5 Å². The van der Waals surface area contributed by atoms with Crippen LogP contribution in [0.3, 0.4) is 0 Å². The number of nitrogens with one attached hydrogen (secondary N) is 1. The van der Waals surface area contributed by atoms with Crippen molar-refractivity contribution < 1.29 is 4.79 Å². The molecule has 0 atom stereocenters. The highest BCUT2D eigenvalue weighted by Gasteiger charge is 2.20. The molecular formula is C20H20ClN3OS. The van der Waals surface area contributed by atoms with E-state index in [1.165, 1.54) is 48.3 Å². The number of aryl methyl sites for hydroxylation is 2. The second-order valence-electron chi connectivity index (χ2n) is 6.67. The summed E-state index contributed by atoms with van der Waals surface area (Å²) in [4.78, 5) is 18.9. The molecule has 3 aromatic rings. The van der Waals surface area contributed by atoms with E-state index < -0.39 is 0 Å². The molecule has 2 heterocycles. The maximum Gasteiger partial charge on any atom is 0.267 e. The minimum Gasteiger partial charge on any atom is -0.397 e. The fourth-order valence-corrected chi connectivity index (χ4v) is 4.62. The molecule has 0 aliphatic heterocycles. The first-order valence-corrected chi connectivity index (χ1v) is 10.1. The number of anilines is 2. The van der Waals surface area contributed by atoms with Gasteiger partial charge in [0.15, 0.2) is 0 Å². The zero-order valence-electron chi connectivity index (χ0n) is 14.3. The number of hydrogen-bond donors (Lipinski definition) is 2. The van der Waals surface area contributed by atoms with E-state index in [2.05, 4.69) is 11.4 Å². The van der Waals surface area contributed by atoms with Crippen LogP contribution in [0.4, 0.5) is 11.4 Å². The summed E-state index contributed by atoms with van der Waals surface area (Å²) in [6, 6.07) is 9.23. The zero-order chi connectivity index (χ0) is 18.1. The van der Waals surface area contributed by atoms with Gasteiger partial charge in [-0.2, -0.15) is 0 Å². The van der Waals surface area contributed by atoms with Gasteiger partial charge in [-0.15, -0.1) is 11.3 Å². The molecular weight excluding hydrogens is 366 g/mol. The summed E-state index contributed by atoms with van der Waals surface area (Å²) in [7, 11) is 0. The molecule has 0 unspecified atom stereocenters. The van der Waals surface area contributed by atoms with Crippen LogP contribution < -0.4 is 11.1 Å². The van der Waals surface area contributed by atoms with Crippen LogP contribution in [0.5, 0.6) is 0 Å². The molecule has 6 heteroatoms. The van der Waals surface area contributed by atoms with E-state index in [-0.39, 0.29) is 5.91 Å². The molecule has 1 aliphatic rings. The number of pyridine rings is 1. The summed E-state index contributed by atoms with van der Waals surface area (Å²) in [5.41, 5.74) is 9.93. The molecule has 3 N–H and O–H groups in total. The summed E-state index contributed by atoms with van der Waals surface area (Å²) in [5, 5.41) is 4.34. The Kier molecular flexibility index (Phi) is 4.83. The van der Waals surface area contributed by atoms with Crippen LogP contribution in [-0.4, -0.2) is 10.9 Å². The van der Waals surface area contributed by atoms with Gasteiger partial charge in [0.05, 0.1) is 5.69 Å². The number of halogens is 1.